The molecule has 1 aromatic carbocycles. The van der Waals surface area contributed by atoms with Crippen LogP contribution in [0.4, 0.5) is 10.8 Å². The summed E-state index contributed by atoms with van der Waals surface area (Å²) >= 11 is 3.19. The number of aryl methyl sites for hydroxylation is 1. The van der Waals surface area contributed by atoms with Gasteiger partial charge in [-0.3, -0.25) is 9.59 Å². The lowest BCUT2D eigenvalue weighted by molar-refractivity contribution is -0.122. The van der Waals surface area contributed by atoms with Gasteiger partial charge in [-0.1, -0.05) is 12.1 Å². The summed E-state index contributed by atoms with van der Waals surface area (Å²) < 4.78 is 0. The number of carbonyl (C=O) groups is 2. The fourth-order valence-electron chi connectivity index (χ4n) is 2.38. The number of thiazole rings is 1. The molecule has 0 radical (unpaired) electrons. The molecule has 1 aliphatic rings. The number of benzene rings is 1. The van der Waals surface area contributed by atoms with E-state index in [4.69, 9.17) is 0 Å². The average molecular weight is 347 g/mol. The number of anilines is 2. The predicted molar refractivity (Wildman–Crippen MR) is 94.2 cm³/mol. The van der Waals surface area contributed by atoms with E-state index in [1.165, 1.54) is 11.3 Å². The van der Waals surface area contributed by atoms with Gasteiger partial charge in [0, 0.05) is 41.1 Å². The zero-order chi connectivity index (χ0) is 16.2. The predicted octanol–water partition coefficient (Wildman–Crippen LogP) is 3.31. The van der Waals surface area contributed by atoms with Gasteiger partial charge in [0.15, 0.2) is 5.13 Å². The molecular formula is C16H17N3O2S2. The Morgan fingerprint density at radius 1 is 1.30 bits per heavy atom. The van der Waals surface area contributed by atoms with E-state index in [1.54, 1.807) is 22.9 Å². The molecule has 2 aromatic rings. The second-order valence-corrected chi connectivity index (χ2v) is 7.56. The van der Waals surface area contributed by atoms with Gasteiger partial charge >= 0.3 is 0 Å². The van der Waals surface area contributed by atoms with Crippen LogP contribution in [-0.2, 0) is 9.59 Å². The normalized spacial score (nSPS) is 13.5. The summed E-state index contributed by atoms with van der Waals surface area (Å²) in [4.78, 5) is 32.4. The Balaban J connectivity index is 1.57. The van der Waals surface area contributed by atoms with E-state index < -0.39 is 0 Å². The number of carbonyl (C=O) groups excluding carboxylic acids is 2. The number of rotatable bonds is 4. The van der Waals surface area contributed by atoms with Crippen LogP contribution in [0.25, 0.3) is 0 Å². The van der Waals surface area contributed by atoms with Crippen LogP contribution >= 0.6 is 23.1 Å². The molecule has 0 unspecified atom stereocenters. The molecule has 2 amide bonds. The molecule has 1 aliphatic heterocycles. The fourth-order valence-corrected chi connectivity index (χ4v) is 4.05. The Hall–Kier alpha value is -1.86. The molecule has 2 heterocycles. The first kappa shape index (κ1) is 16.0. The SMILES string of the molecule is Cc1cnc(NC(=O)CCC(=O)N2CCSc3ccccc32)s1. The van der Waals surface area contributed by atoms with Crippen molar-refractivity contribution < 1.29 is 9.59 Å². The third-order valence-corrected chi connectivity index (χ3v) is 5.33. The molecule has 0 saturated carbocycles. The van der Waals surface area contributed by atoms with Gasteiger partial charge in [-0.2, -0.15) is 0 Å². The lowest BCUT2D eigenvalue weighted by Gasteiger charge is -2.28. The Morgan fingerprint density at radius 2 is 2.13 bits per heavy atom. The number of amides is 2. The van der Waals surface area contributed by atoms with Crippen LogP contribution in [-0.4, -0.2) is 29.1 Å². The van der Waals surface area contributed by atoms with Crippen molar-refractivity contribution >= 4 is 45.7 Å². The fraction of sp³-hybridized carbons (Fsp3) is 0.312. The highest BCUT2D eigenvalue weighted by Gasteiger charge is 2.22. The van der Waals surface area contributed by atoms with Crippen molar-refractivity contribution in [3.8, 4) is 0 Å². The summed E-state index contributed by atoms with van der Waals surface area (Å²) in [6.45, 7) is 2.62. The largest absolute Gasteiger partial charge is 0.310 e. The topological polar surface area (TPSA) is 62.3 Å². The lowest BCUT2D eigenvalue weighted by Crippen LogP contribution is -2.35. The monoisotopic (exact) mass is 347 g/mol. The molecule has 0 spiro atoms. The Morgan fingerprint density at radius 3 is 2.91 bits per heavy atom. The van der Waals surface area contributed by atoms with Crippen molar-refractivity contribution in [2.45, 2.75) is 24.7 Å². The molecule has 0 aliphatic carbocycles. The smallest absolute Gasteiger partial charge is 0.227 e. The summed E-state index contributed by atoms with van der Waals surface area (Å²) in [5.74, 6) is 0.698. The highest BCUT2D eigenvalue weighted by Crippen LogP contribution is 2.34. The van der Waals surface area contributed by atoms with Crippen LogP contribution in [0.15, 0.2) is 35.4 Å². The van der Waals surface area contributed by atoms with Crippen LogP contribution in [0.2, 0.25) is 0 Å². The maximum atomic E-state index is 12.4. The van der Waals surface area contributed by atoms with Crippen molar-refractivity contribution in [1.29, 1.82) is 0 Å². The van der Waals surface area contributed by atoms with Crippen molar-refractivity contribution in [2.24, 2.45) is 0 Å². The minimum absolute atomic E-state index is 0.0109. The number of para-hydroxylation sites is 1. The molecule has 1 aromatic heterocycles. The highest BCUT2D eigenvalue weighted by atomic mass is 32.2. The van der Waals surface area contributed by atoms with E-state index in [0.717, 1.165) is 21.2 Å². The Bertz CT molecular complexity index is 730. The molecule has 0 fully saturated rings. The van der Waals surface area contributed by atoms with Crippen LogP contribution in [0.5, 0.6) is 0 Å². The van der Waals surface area contributed by atoms with Crippen LogP contribution < -0.4 is 10.2 Å². The van der Waals surface area contributed by atoms with Gasteiger partial charge in [-0.05, 0) is 19.1 Å². The van der Waals surface area contributed by atoms with Crippen LogP contribution in [0.1, 0.15) is 17.7 Å². The van der Waals surface area contributed by atoms with E-state index in [1.807, 2.05) is 31.2 Å². The molecule has 7 heteroatoms. The molecule has 23 heavy (non-hydrogen) atoms. The minimum atomic E-state index is -0.174. The quantitative estimate of drug-likeness (QED) is 0.922. The van der Waals surface area contributed by atoms with E-state index in [9.17, 15) is 9.59 Å². The molecule has 5 nitrogen and oxygen atoms in total. The van der Waals surface area contributed by atoms with Gasteiger partial charge in [0.25, 0.3) is 0 Å². The van der Waals surface area contributed by atoms with Gasteiger partial charge in [-0.25, -0.2) is 4.98 Å². The third-order valence-electron chi connectivity index (χ3n) is 3.46. The van der Waals surface area contributed by atoms with Crippen LogP contribution in [0, 0.1) is 6.92 Å². The second kappa shape index (κ2) is 7.14. The summed E-state index contributed by atoms with van der Waals surface area (Å²) in [6, 6.07) is 7.89. The number of thioether (sulfide) groups is 1. The molecule has 0 saturated heterocycles. The number of hydrogen-bond donors (Lipinski definition) is 1. The molecule has 1 N–H and O–H groups in total. The first-order chi connectivity index (χ1) is 11.1. The summed E-state index contributed by atoms with van der Waals surface area (Å²) in [5, 5.41) is 3.32. The van der Waals surface area contributed by atoms with E-state index in [-0.39, 0.29) is 24.7 Å². The zero-order valence-corrected chi connectivity index (χ0v) is 14.4. The van der Waals surface area contributed by atoms with E-state index in [0.29, 0.717) is 11.7 Å². The van der Waals surface area contributed by atoms with E-state index in [2.05, 4.69) is 10.3 Å². The zero-order valence-electron chi connectivity index (χ0n) is 12.7. The van der Waals surface area contributed by atoms with Crippen molar-refractivity contribution in [3.05, 3.63) is 35.3 Å². The number of fused-ring (bicyclic) bond motifs is 1. The number of nitrogens with zero attached hydrogens (tertiary/aromatic N) is 2. The van der Waals surface area contributed by atoms with Gasteiger partial charge in [0.1, 0.15) is 0 Å². The number of nitrogens with one attached hydrogen (secondary N) is 1. The summed E-state index contributed by atoms with van der Waals surface area (Å²) in [5.41, 5.74) is 0.949. The van der Waals surface area contributed by atoms with Crippen molar-refractivity contribution in [3.63, 3.8) is 0 Å². The third kappa shape index (κ3) is 3.92. The van der Waals surface area contributed by atoms with Crippen LogP contribution in [0.3, 0.4) is 0 Å². The first-order valence-corrected chi connectivity index (χ1v) is 9.18. The summed E-state index contributed by atoms with van der Waals surface area (Å²) in [6.07, 6.45) is 2.09. The molecule has 0 bridgehead atoms. The molecule has 0 atom stereocenters. The van der Waals surface area contributed by atoms with E-state index >= 15 is 0 Å². The van der Waals surface area contributed by atoms with Gasteiger partial charge in [-0.15, -0.1) is 23.1 Å². The number of aromatic nitrogens is 1. The molecular weight excluding hydrogens is 330 g/mol. The first-order valence-electron chi connectivity index (χ1n) is 7.38. The second-order valence-electron chi connectivity index (χ2n) is 5.19. The molecule has 120 valence electrons. The highest BCUT2D eigenvalue weighted by molar-refractivity contribution is 7.99. The summed E-state index contributed by atoms with van der Waals surface area (Å²) in [7, 11) is 0. The van der Waals surface area contributed by atoms with Gasteiger partial charge in [0.2, 0.25) is 11.8 Å². The standard InChI is InChI=1S/C16H17N3O2S2/c1-11-10-17-16(23-11)18-14(20)6-7-15(21)19-8-9-22-13-5-3-2-4-12(13)19/h2-5,10H,6-9H2,1H3,(H,17,18,20). The lowest BCUT2D eigenvalue weighted by atomic mass is 10.2. The maximum Gasteiger partial charge on any atom is 0.227 e. The average Bonchev–Trinajstić information content (AvgIpc) is 2.97. The van der Waals surface area contributed by atoms with Gasteiger partial charge < -0.3 is 10.2 Å². The number of hydrogen-bond acceptors (Lipinski definition) is 5. The Kier molecular flexibility index (Phi) is 4.97. The van der Waals surface area contributed by atoms with Gasteiger partial charge in [0.05, 0.1) is 5.69 Å². The molecule has 3 rings (SSSR count). The van der Waals surface area contributed by atoms with Crippen molar-refractivity contribution in [2.75, 3.05) is 22.5 Å². The maximum absolute atomic E-state index is 12.4. The Labute approximate surface area is 143 Å². The minimum Gasteiger partial charge on any atom is -0.310 e. The van der Waals surface area contributed by atoms with Crippen molar-refractivity contribution in [1.82, 2.24) is 4.98 Å².